The van der Waals surface area contributed by atoms with Crippen LogP contribution in [0.5, 0.6) is 11.5 Å². The summed E-state index contributed by atoms with van der Waals surface area (Å²) in [4.78, 5) is 28.2. The number of carbonyl (C=O) groups is 2. The molecule has 1 aliphatic heterocycles. The molecule has 0 unspecified atom stereocenters. The van der Waals surface area contributed by atoms with Crippen molar-refractivity contribution in [2.45, 2.75) is 18.8 Å². The molecular formula is C32H24ClF3N2O3S. The quantitative estimate of drug-likeness (QED) is 0.169. The minimum absolute atomic E-state index is 0.0825. The van der Waals surface area contributed by atoms with E-state index >= 15 is 13.2 Å². The molecule has 1 aliphatic rings. The highest BCUT2D eigenvalue weighted by Gasteiger charge is 2.65. The molecule has 0 radical (unpaired) electrons. The molecule has 1 amide bonds. The average Bonchev–Trinajstić information content (AvgIpc) is 2.97. The minimum Gasteiger partial charge on any atom is -0.457 e. The fraction of sp³-hybridized carbons (Fsp3) is 0.125. The molecule has 1 N–H and O–H groups in total. The summed E-state index contributed by atoms with van der Waals surface area (Å²) in [6, 6.07) is 26.5. The molecule has 5 nitrogen and oxygen atoms in total. The van der Waals surface area contributed by atoms with Crippen LogP contribution in [0.25, 0.3) is 0 Å². The lowest BCUT2D eigenvalue weighted by Crippen LogP contribution is -2.69. The Balaban J connectivity index is 1.73. The van der Waals surface area contributed by atoms with Crippen LogP contribution in [0, 0.1) is 6.92 Å². The zero-order valence-electron chi connectivity index (χ0n) is 22.4. The van der Waals surface area contributed by atoms with Gasteiger partial charge >= 0.3 is 6.18 Å². The van der Waals surface area contributed by atoms with Gasteiger partial charge in [0.15, 0.2) is 0 Å². The van der Waals surface area contributed by atoms with Crippen LogP contribution in [-0.4, -0.2) is 24.1 Å². The third kappa shape index (κ3) is 5.37. The minimum atomic E-state index is -5.02. The van der Waals surface area contributed by atoms with Crippen molar-refractivity contribution in [3.8, 4) is 11.5 Å². The summed E-state index contributed by atoms with van der Waals surface area (Å²) in [5.41, 5.74) is -2.73. The van der Waals surface area contributed by atoms with Crippen LogP contribution in [0.3, 0.4) is 0 Å². The molecule has 4 aromatic carbocycles. The highest BCUT2D eigenvalue weighted by molar-refractivity contribution is 8.02. The summed E-state index contributed by atoms with van der Waals surface area (Å²) in [5.74, 6) is -0.925. The Kier molecular flexibility index (Phi) is 8.08. The monoisotopic (exact) mass is 608 g/mol. The molecular weight excluding hydrogens is 585 g/mol. The predicted octanol–water partition coefficient (Wildman–Crippen LogP) is 8.25. The van der Waals surface area contributed by atoms with Crippen molar-refractivity contribution in [3.63, 3.8) is 0 Å². The van der Waals surface area contributed by atoms with E-state index in [4.69, 9.17) is 16.3 Å². The molecule has 5 rings (SSSR count). The van der Waals surface area contributed by atoms with Crippen LogP contribution in [0.1, 0.15) is 21.5 Å². The smallest absolute Gasteiger partial charge is 0.435 e. The average molecular weight is 609 g/mol. The first-order chi connectivity index (χ1) is 20.0. The highest BCUT2D eigenvalue weighted by atomic mass is 35.5. The number of hydrogen-bond acceptors (Lipinski definition) is 5. The lowest BCUT2D eigenvalue weighted by atomic mass is 9.90. The Morgan fingerprint density at radius 1 is 0.881 bits per heavy atom. The maximum Gasteiger partial charge on any atom is 0.435 e. The second-order valence-corrected chi connectivity index (χ2v) is 10.7. The Labute approximate surface area is 249 Å². The number of Topliss-reactive ketones (excluding diaryl/α,β-unsaturated/α-hetero) is 1. The highest BCUT2D eigenvalue weighted by Crippen LogP contribution is 2.51. The van der Waals surface area contributed by atoms with Gasteiger partial charge in [-0.1, -0.05) is 59.6 Å². The number of halogens is 4. The van der Waals surface area contributed by atoms with Crippen LogP contribution in [0.2, 0.25) is 5.02 Å². The number of para-hydroxylation sites is 1. The molecule has 1 heterocycles. The van der Waals surface area contributed by atoms with Crippen LogP contribution >= 0.6 is 23.4 Å². The third-order valence-electron chi connectivity index (χ3n) is 6.75. The van der Waals surface area contributed by atoms with Crippen LogP contribution in [-0.2, 0) is 10.5 Å². The first-order valence-electron chi connectivity index (χ1n) is 12.7. The molecule has 0 saturated heterocycles. The number of nitrogens with one attached hydrogen (secondary N) is 1. The third-order valence-corrected chi connectivity index (χ3v) is 7.78. The Morgan fingerprint density at radius 3 is 2.05 bits per heavy atom. The summed E-state index contributed by atoms with van der Waals surface area (Å²) in [6.45, 7) is 1.75. The summed E-state index contributed by atoms with van der Waals surface area (Å²) >= 11 is 6.85. The van der Waals surface area contributed by atoms with Gasteiger partial charge in [-0.25, -0.2) is 0 Å². The lowest BCUT2D eigenvalue weighted by Gasteiger charge is -2.50. The summed E-state index contributed by atoms with van der Waals surface area (Å²) in [5, 5.41) is 2.41. The summed E-state index contributed by atoms with van der Waals surface area (Å²) in [7, 11) is 0. The fourth-order valence-corrected chi connectivity index (χ4v) is 5.68. The van der Waals surface area contributed by atoms with Gasteiger partial charge in [-0.3, -0.25) is 14.5 Å². The van der Waals surface area contributed by atoms with E-state index in [9.17, 15) is 9.59 Å². The second kappa shape index (κ2) is 11.6. The number of amides is 1. The molecule has 1 atom stereocenters. The topological polar surface area (TPSA) is 58.6 Å². The largest absolute Gasteiger partial charge is 0.457 e. The van der Waals surface area contributed by atoms with Gasteiger partial charge in [0.2, 0.25) is 11.4 Å². The Hall–Kier alpha value is -4.21. The number of ether oxygens (including phenoxy) is 1. The van der Waals surface area contributed by atoms with Gasteiger partial charge in [-0.2, -0.15) is 13.2 Å². The molecule has 10 heteroatoms. The Morgan fingerprint density at radius 2 is 1.48 bits per heavy atom. The predicted molar refractivity (Wildman–Crippen MR) is 159 cm³/mol. The van der Waals surface area contributed by atoms with Crippen molar-refractivity contribution in [1.82, 2.24) is 5.32 Å². The number of aryl methyl sites for hydroxylation is 1. The number of anilines is 1. The van der Waals surface area contributed by atoms with Gasteiger partial charge in [0.05, 0.1) is 5.03 Å². The number of rotatable bonds is 7. The van der Waals surface area contributed by atoms with Crippen molar-refractivity contribution in [2.24, 2.45) is 0 Å². The molecule has 4 aromatic rings. The first-order valence-corrected chi connectivity index (χ1v) is 14.3. The number of carbonyl (C=O) groups excluding carboxylic acids is 2. The van der Waals surface area contributed by atoms with E-state index in [-0.39, 0.29) is 21.8 Å². The number of benzene rings is 4. The second-order valence-electron chi connectivity index (χ2n) is 9.49. The maximum atomic E-state index is 15.5. The van der Waals surface area contributed by atoms with Gasteiger partial charge in [0.1, 0.15) is 17.1 Å². The van der Waals surface area contributed by atoms with Crippen LogP contribution in [0.15, 0.2) is 114 Å². The maximum absolute atomic E-state index is 15.5. The Bertz CT molecular complexity index is 1640. The van der Waals surface area contributed by atoms with Crippen LogP contribution < -0.4 is 15.0 Å². The van der Waals surface area contributed by atoms with Crippen molar-refractivity contribution in [3.05, 3.63) is 135 Å². The number of alkyl halides is 3. The van der Waals surface area contributed by atoms with Crippen molar-refractivity contribution in [1.29, 1.82) is 0 Å². The molecule has 0 aromatic heterocycles. The molecule has 214 valence electrons. The van der Waals surface area contributed by atoms with Gasteiger partial charge in [-0.05, 0) is 73.8 Å². The molecule has 0 saturated carbocycles. The number of thioether (sulfide) groups is 1. The zero-order chi connectivity index (χ0) is 30.1. The molecule has 0 fully saturated rings. The van der Waals surface area contributed by atoms with E-state index in [1.807, 2.05) is 6.07 Å². The molecule has 42 heavy (non-hydrogen) atoms. The molecule has 0 bridgehead atoms. The summed E-state index contributed by atoms with van der Waals surface area (Å²) in [6.07, 6.45) is -3.49. The SMILES string of the molecule is CSC1=C(C(=O)c2ccc(Cl)cc2)C(=O)N[C@](c2ccc(C)cc2)(C(F)(F)F)N1c1ccc(Oc2ccccc2)cc1. The van der Waals surface area contributed by atoms with Crippen molar-refractivity contribution >= 4 is 40.7 Å². The van der Waals surface area contributed by atoms with E-state index < -0.39 is 29.1 Å². The normalized spacial score (nSPS) is 17.2. The van der Waals surface area contributed by atoms with E-state index in [0.717, 1.165) is 22.2 Å². The van der Waals surface area contributed by atoms with E-state index in [1.165, 1.54) is 66.9 Å². The van der Waals surface area contributed by atoms with Gasteiger partial charge in [-0.15, -0.1) is 11.8 Å². The zero-order valence-corrected chi connectivity index (χ0v) is 24.0. The first kappa shape index (κ1) is 29.3. The molecule has 0 aliphatic carbocycles. The van der Waals surface area contributed by atoms with Crippen molar-refractivity contribution < 1.29 is 27.5 Å². The van der Waals surface area contributed by atoms with Gasteiger partial charge in [0.25, 0.3) is 5.91 Å². The van der Waals surface area contributed by atoms with Gasteiger partial charge < -0.3 is 10.1 Å². The number of hydrogen-bond donors (Lipinski definition) is 1. The standard InChI is InChI=1S/C32H24ClF3N2O3S/c1-20-8-12-22(13-9-20)31(32(34,35)36)37-29(40)27(28(39)21-10-14-23(33)15-11-21)30(42-2)38(31)24-16-18-26(19-17-24)41-25-6-4-3-5-7-25/h3-19H,1-2H3,(H,37,40)/t31-/m0/s1. The van der Waals surface area contributed by atoms with Crippen molar-refractivity contribution in [2.75, 3.05) is 11.2 Å². The fourth-order valence-electron chi connectivity index (χ4n) is 4.74. The van der Waals surface area contributed by atoms with E-state index in [1.54, 1.807) is 43.3 Å². The van der Waals surface area contributed by atoms with Crippen LogP contribution in [0.4, 0.5) is 18.9 Å². The van der Waals surface area contributed by atoms with E-state index in [0.29, 0.717) is 16.5 Å². The van der Waals surface area contributed by atoms with E-state index in [2.05, 4.69) is 5.32 Å². The lowest BCUT2D eigenvalue weighted by molar-refractivity contribution is -0.201. The van der Waals surface area contributed by atoms with Gasteiger partial charge in [0, 0.05) is 21.8 Å². The molecule has 0 spiro atoms. The summed E-state index contributed by atoms with van der Waals surface area (Å²) < 4.78 is 52.2. The number of nitrogens with zero attached hydrogens (tertiary/aromatic N) is 1. The number of ketones is 1.